The third kappa shape index (κ3) is 3.85. The molecule has 1 aliphatic rings. The maximum atomic E-state index is 11.7. The molecular formula is C16H19BrClN3O2S. The number of pyridine rings is 1. The van der Waals surface area contributed by atoms with Crippen molar-refractivity contribution in [2.45, 2.75) is 25.8 Å². The van der Waals surface area contributed by atoms with E-state index >= 15 is 0 Å². The number of piperidine rings is 1. The average Bonchev–Trinajstić information content (AvgIpc) is 2.55. The molecule has 1 aromatic carbocycles. The molecule has 1 saturated heterocycles. The zero-order chi connectivity index (χ0) is 17.3. The van der Waals surface area contributed by atoms with Crippen LogP contribution in [0.4, 0.5) is 5.69 Å². The van der Waals surface area contributed by atoms with Crippen LogP contribution in [0, 0.1) is 0 Å². The summed E-state index contributed by atoms with van der Waals surface area (Å²) in [5.41, 5.74) is 1.87. The molecule has 0 unspecified atom stereocenters. The van der Waals surface area contributed by atoms with Gasteiger partial charge in [-0.2, -0.15) is 0 Å². The largest absolute Gasteiger partial charge is 0.371 e. The lowest BCUT2D eigenvalue weighted by Crippen LogP contribution is -2.45. The van der Waals surface area contributed by atoms with E-state index < -0.39 is 10.0 Å². The highest BCUT2D eigenvalue weighted by molar-refractivity contribution is 9.10. The minimum atomic E-state index is -3.15. The maximum absolute atomic E-state index is 11.7. The number of aromatic nitrogens is 1. The summed E-state index contributed by atoms with van der Waals surface area (Å²) in [4.78, 5) is 6.65. The molecule has 2 aromatic rings. The fraction of sp³-hybridized carbons (Fsp3) is 0.438. The van der Waals surface area contributed by atoms with E-state index in [0.29, 0.717) is 5.02 Å². The van der Waals surface area contributed by atoms with Gasteiger partial charge < -0.3 is 4.90 Å². The second-order valence-corrected chi connectivity index (χ2v) is 9.26. The summed E-state index contributed by atoms with van der Waals surface area (Å²) in [5.74, 6) is 0.120. The molecule has 1 aliphatic heterocycles. The monoisotopic (exact) mass is 431 g/mol. The molecule has 24 heavy (non-hydrogen) atoms. The number of rotatable bonds is 4. The lowest BCUT2D eigenvalue weighted by molar-refractivity contribution is 0.461. The van der Waals surface area contributed by atoms with Crippen LogP contribution >= 0.6 is 27.5 Å². The fourth-order valence-corrected chi connectivity index (χ4v) is 4.78. The molecule has 0 bridgehead atoms. The van der Waals surface area contributed by atoms with Crippen LogP contribution < -0.4 is 9.62 Å². The first-order valence-electron chi connectivity index (χ1n) is 7.88. The first kappa shape index (κ1) is 17.9. The highest BCUT2D eigenvalue weighted by atomic mass is 79.9. The molecule has 5 nitrogen and oxygen atoms in total. The smallest absolute Gasteiger partial charge is 0.211 e. The van der Waals surface area contributed by atoms with Crippen molar-refractivity contribution in [2.75, 3.05) is 23.7 Å². The van der Waals surface area contributed by atoms with Crippen LogP contribution in [0.1, 0.15) is 19.8 Å². The van der Waals surface area contributed by atoms with E-state index in [1.165, 1.54) is 0 Å². The topological polar surface area (TPSA) is 62.3 Å². The molecule has 0 aliphatic carbocycles. The van der Waals surface area contributed by atoms with Crippen molar-refractivity contribution in [1.82, 2.24) is 9.71 Å². The van der Waals surface area contributed by atoms with Gasteiger partial charge in [-0.05, 0) is 38.0 Å². The Morgan fingerprint density at radius 1 is 1.38 bits per heavy atom. The Bertz CT molecular complexity index is 852. The van der Waals surface area contributed by atoms with Crippen LogP contribution in [-0.4, -0.2) is 38.3 Å². The minimum absolute atomic E-state index is 0.00891. The van der Waals surface area contributed by atoms with Gasteiger partial charge in [0.2, 0.25) is 10.0 Å². The van der Waals surface area contributed by atoms with Gasteiger partial charge in [0.05, 0.1) is 16.3 Å². The molecule has 0 spiro atoms. The lowest BCUT2D eigenvalue weighted by Gasteiger charge is -2.34. The summed E-state index contributed by atoms with van der Waals surface area (Å²) in [6.45, 7) is 3.24. The highest BCUT2D eigenvalue weighted by Crippen LogP contribution is 2.34. The van der Waals surface area contributed by atoms with Gasteiger partial charge in [-0.15, -0.1) is 0 Å². The molecule has 0 amide bonds. The SMILES string of the molecule is CCS(=O)(=O)NC1CCN(c2ccnc3c(Cl)cc(Br)cc23)CC1. The van der Waals surface area contributed by atoms with Crippen molar-refractivity contribution in [3.8, 4) is 0 Å². The number of sulfonamides is 1. The van der Waals surface area contributed by atoms with Gasteiger partial charge in [-0.3, -0.25) is 4.98 Å². The number of nitrogens with zero attached hydrogens (tertiary/aromatic N) is 2. The normalized spacial score (nSPS) is 16.7. The predicted molar refractivity (Wildman–Crippen MR) is 102 cm³/mol. The quantitative estimate of drug-likeness (QED) is 0.802. The number of fused-ring (bicyclic) bond motifs is 1. The lowest BCUT2D eigenvalue weighted by atomic mass is 10.0. The molecule has 8 heteroatoms. The summed E-state index contributed by atoms with van der Waals surface area (Å²) >= 11 is 9.78. The second-order valence-electron chi connectivity index (χ2n) is 5.90. The molecule has 2 heterocycles. The van der Waals surface area contributed by atoms with Crippen molar-refractivity contribution in [3.63, 3.8) is 0 Å². The number of nitrogens with one attached hydrogen (secondary N) is 1. The Morgan fingerprint density at radius 3 is 2.75 bits per heavy atom. The van der Waals surface area contributed by atoms with Crippen molar-refractivity contribution < 1.29 is 8.42 Å². The number of anilines is 1. The average molecular weight is 433 g/mol. The van der Waals surface area contributed by atoms with Gasteiger partial charge >= 0.3 is 0 Å². The van der Waals surface area contributed by atoms with Gasteiger partial charge in [0.1, 0.15) is 0 Å². The number of hydrogen-bond acceptors (Lipinski definition) is 4. The summed E-state index contributed by atoms with van der Waals surface area (Å²) in [6.07, 6.45) is 3.33. The van der Waals surface area contributed by atoms with Gasteiger partial charge in [-0.25, -0.2) is 13.1 Å². The van der Waals surface area contributed by atoms with Crippen molar-refractivity contribution in [3.05, 3.63) is 33.9 Å². The second kappa shape index (κ2) is 7.15. The van der Waals surface area contributed by atoms with Gasteiger partial charge in [0, 0.05) is 40.9 Å². The van der Waals surface area contributed by atoms with Crippen molar-refractivity contribution in [1.29, 1.82) is 0 Å². The maximum Gasteiger partial charge on any atom is 0.211 e. The standard InChI is InChI=1S/C16H19BrClN3O2S/c1-2-24(22,23)20-12-4-7-21(8-5-12)15-3-6-19-16-13(15)9-11(17)10-14(16)18/h3,6,9-10,12,20H,2,4-5,7-8H2,1H3. The zero-order valence-electron chi connectivity index (χ0n) is 13.3. The molecule has 1 N–H and O–H groups in total. The molecule has 1 aromatic heterocycles. The first-order chi connectivity index (χ1) is 11.4. The molecule has 130 valence electrons. The minimum Gasteiger partial charge on any atom is -0.371 e. The summed E-state index contributed by atoms with van der Waals surface area (Å²) in [7, 11) is -3.15. The molecule has 0 atom stereocenters. The number of benzene rings is 1. The van der Waals surface area contributed by atoms with E-state index in [1.807, 2.05) is 18.2 Å². The van der Waals surface area contributed by atoms with Gasteiger partial charge in [0.15, 0.2) is 0 Å². The van der Waals surface area contributed by atoms with Crippen LogP contribution in [0.3, 0.4) is 0 Å². The third-order valence-electron chi connectivity index (χ3n) is 4.30. The molecule has 0 saturated carbocycles. The van der Waals surface area contributed by atoms with E-state index in [9.17, 15) is 8.42 Å². The Balaban J connectivity index is 1.81. The Morgan fingerprint density at radius 2 is 2.08 bits per heavy atom. The Hall–Kier alpha value is -0.890. The Kier molecular flexibility index (Phi) is 5.34. The molecule has 0 radical (unpaired) electrons. The zero-order valence-corrected chi connectivity index (χ0v) is 16.5. The van der Waals surface area contributed by atoms with Gasteiger partial charge in [0.25, 0.3) is 0 Å². The molecule has 1 fully saturated rings. The van der Waals surface area contributed by atoms with E-state index in [1.54, 1.807) is 13.1 Å². The first-order valence-corrected chi connectivity index (χ1v) is 10.7. The highest BCUT2D eigenvalue weighted by Gasteiger charge is 2.24. The van der Waals surface area contributed by atoms with Gasteiger partial charge in [-0.1, -0.05) is 27.5 Å². The number of hydrogen-bond donors (Lipinski definition) is 1. The van der Waals surface area contributed by atoms with Crippen molar-refractivity contribution >= 4 is 54.1 Å². The third-order valence-corrected chi connectivity index (χ3v) is 6.50. The van der Waals surface area contributed by atoms with E-state index in [0.717, 1.165) is 47.0 Å². The van der Waals surface area contributed by atoms with E-state index in [4.69, 9.17) is 11.6 Å². The van der Waals surface area contributed by atoms with E-state index in [2.05, 4.69) is 30.5 Å². The summed E-state index contributed by atoms with van der Waals surface area (Å²) < 4.78 is 27.1. The van der Waals surface area contributed by atoms with Crippen LogP contribution in [0.25, 0.3) is 10.9 Å². The van der Waals surface area contributed by atoms with Crippen LogP contribution in [0.2, 0.25) is 5.02 Å². The number of halogens is 2. The van der Waals surface area contributed by atoms with Crippen LogP contribution in [-0.2, 0) is 10.0 Å². The van der Waals surface area contributed by atoms with Crippen LogP contribution in [0.15, 0.2) is 28.9 Å². The molecular weight excluding hydrogens is 414 g/mol. The summed E-state index contributed by atoms with van der Waals surface area (Å²) in [6, 6.07) is 5.86. The molecule has 3 rings (SSSR count). The van der Waals surface area contributed by atoms with E-state index in [-0.39, 0.29) is 11.8 Å². The summed E-state index contributed by atoms with van der Waals surface area (Å²) in [5, 5.41) is 1.62. The van der Waals surface area contributed by atoms with Crippen LogP contribution in [0.5, 0.6) is 0 Å². The fourth-order valence-electron chi connectivity index (χ4n) is 3.02. The Labute approximate surface area is 155 Å². The van der Waals surface area contributed by atoms with Crippen molar-refractivity contribution in [2.24, 2.45) is 0 Å². The predicted octanol–water partition coefficient (Wildman–Crippen LogP) is 3.56.